The molecule has 0 amide bonds. The maximum absolute atomic E-state index is 6.03. The number of amidine groups is 1. The first kappa shape index (κ1) is 11.3. The minimum atomic E-state index is -0.645. The summed E-state index contributed by atoms with van der Waals surface area (Å²) in [7, 11) is 0. The fraction of sp³-hybridized carbons (Fsp3) is 0.200. The number of para-hydroxylation sites is 1. The zero-order valence-electron chi connectivity index (χ0n) is 10.7. The molecule has 0 bridgehead atoms. The molecule has 1 aromatic rings. The largest absolute Gasteiger partial charge is 0.484 e. The van der Waals surface area contributed by atoms with E-state index in [0.717, 1.165) is 16.9 Å². The Balaban J connectivity index is 2.01. The summed E-state index contributed by atoms with van der Waals surface area (Å²) in [6.07, 6.45) is 7.14. The zero-order valence-corrected chi connectivity index (χ0v) is 10.7. The van der Waals surface area contributed by atoms with Crippen LogP contribution in [0.25, 0.3) is 0 Å². The molecular weight excluding hydrogens is 254 g/mol. The summed E-state index contributed by atoms with van der Waals surface area (Å²) in [5.74, 6) is 0.815. The number of rotatable bonds is 0. The van der Waals surface area contributed by atoms with Gasteiger partial charge in [-0.15, -0.1) is 0 Å². The van der Waals surface area contributed by atoms with Gasteiger partial charge in [-0.05, 0) is 18.2 Å². The molecule has 0 fully saturated rings. The van der Waals surface area contributed by atoms with Crippen molar-refractivity contribution in [1.82, 2.24) is 0 Å². The molecule has 2 N–H and O–H groups in total. The van der Waals surface area contributed by atoms with Crippen molar-refractivity contribution in [2.45, 2.75) is 11.6 Å². The second-order valence-corrected chi connectivity index (χ2v) is 4.88. The van der Waals surface area contributed by atoms with Crippen LogP contribution >= 0.6 is 0 Å². The predicted molar refractivity (Wildman–Crippen MR) is 75.8 cm³/mol. The van der Waals surface area contributed by atoms with Gasteiger partial charge in [0.15, 0.2) is 0 Å². The molecule has 2 atom stereocenters. The van der Waals surface area contributed by atoms with Crippen LogP contribution in [0.1, 0.15) is 5.56 Å². The molecule has 1 aromatic carbocycles. The lowest BCUT2D eigenvalue weighted by molar-refractivity contribution is 0.202. The molecule has 100 valence electrons. The molecule has 0 aromatic heterocycles. The van der Waals surface area contributed by atoms with Crippen LogP contribution in [0.2, 0.25) is 0 Å². The van der Waals surface area contributed by atoms with Gasteiger partial charge in [0.05, 0.1) is 12.8 Å². The minimum absolute atomic E-state index is 0.116. The summed E-state index contributed by atoms with van der Waals surface area (Å²) in [5, 5.41) is 0. The predicted octanol–water partition coefficient (Wildman–Crippen LogP) is 1.51. The summed E-state index contributed by atoms with van der Waals surface area (Å²) in [4.78, 5) is 8.84. The first-order valence-corrected chi connectivity index (χ1v) is 6.46. The summed E-state index contributed by atoms with van der Waals surface area (Å²) < 4.78 is 11.2. The number of fused-ring (bicyclic) bond motifs is 4. The maximum Gasteiger partial charge on any atom is 0.288 e. The van der Waals surface area contributed by atoms with E-state index in [-0.39, 0.29) is 12.1 Å². The standard InChI is InChI=1S/C15H13N3O2/c16-14-18-15(6-8-19-14)10-3-1-2-4-12(10)20-13-9-17-7-5-11(13)15/h1-8,13H,9H2,(H2,16,18). The van der Waals surface area contributed by atoms with Gasteiger partial charge < -0.3 is 15.2 Å². The Bertz CT molecular complexity index is 690. The summed E-state index contributed by atoms with van der Waals surface area (Å²) in [5.41, 5.74) is 7.16. The highest BCUT2D eigenvalue weighted by molar-refractivity contribution is 5.79. The third-order valence-corrected chi connectivity index (χ3v) is 3.77. The van der Waals surface area contributed by atoms with Gasteiger partial charge >= 0.3 is 0 Å². The highest BCUT2D eigenvalue weighted by Crippen LogP contribution is 2.48. The molecule has 5 heteroatoms. The molecule has 0 saturated carbocycles. The number of hydrogen-bond donors (Lipinski definition) is 1. The molecule has 3 aliphatic heterocycles. The molecular formula is C15H13N3O2. The molecule has 0 radical (unpaired) electrons. The Labute approximate surface area is 116 Å². The lowest BCUT2D eigenvalue weighted by Crippen LogP contribution is -2.44. The monoisotopic (exact) mass is 267 g/mol. The van der Waals surface area contributed by atoms with Gasteiger partial charge in [0.1, 0.15) is 17.4 Å². The quantitative estimate of drug-likeness (QED) is 0.774. The van der Waals surface area contributed by atoms with E-state index in [4.69, 9.17) is 15.2 Å². The Hall–Kier alpha value is -2.56. The Morgan fingerprint density at radius 3 is 3.10 bits per heavy atom. The van der Waals surface area contributed by atoms with E-state index in [2.05, 4.69) is 9.98 Å². The van der Waals surface area contributed by atoms with E-state index in [1.807, 2.05) is 36.4 Å². The zero-order chi connectivity index (χ0) is 13.6. The van der Waals surface area contributed by atoms with Gasteiger partial charge in [-0.25, -0.2) is 4.99 Å². The van der Waals surface area contributed by atoms with Crippen LogP contribution in [0.15, 0.2) is 58.2 Å². The van der Waals surface area contributed by atoms with Gasteiger partial charge in [0.25, 0.3) is 6.02 Å². The van der Waals surface area contributed by atoms with Crippen LogP contribution < -0.4 is 10.5 Å². The first-order chi connectivity index (χ1) is 9.79. The van der Waals surface area contributed by atoms with Crippen LogP contribution in [0.5, 0.6) is 5.75 Å². The second-order valence-electron chi connectivity index (χ2n) is 4.88. The summed E-state index contributed by atoms with van der Waals surface area (Å²) in [6.45, 7) is 0.589. The van der Waals surface area contributed by atoms with E-state index < -0.39 is 5.54 Å². The molecule has 0 saturated heterocycles. The number of benzene rings is 1. The van der Waals surface area contributed by atoms with Crippen LogP contribution in [-0.4, -0.2) is 24.9 Å². The van der Waals surface area contributed by atoms with E-state index in [1.54, 1.807) is 12.5 Å². The van der Waals surface area contributed by atoms with E-state index in [9.17, 15) is 0 Å². The maximum atomic E-state index is 6.03. The van der Waals surface area contributed by atoms with Crippen molar-refractivity contribution in [3.63, 3.8) is 0 Å². The van der Waals surface area contributed by atoms with Gasteiger partial charge in [0.2, 0.25) is 0 Å². The second kappa shape index (κ2) is 3.96. The normalized spacial score (nSPS) is 29.7. The van der Waals surface area contributed by atoms with Crippen molar-refractivity contribution in [2.24, 2.45) is 15.7 Å². The van der Waals surface area contributed by atoms with Gasteiger partial charge in [-0.2, -0.15) is 0 Å². The Morgan fingerprint density at radius 2 is 2.20 bits per heavy atom. The molecule has 3 heterocycles. The summed E-state index contributed by atoms with van der Waals surface area (Å²) in [6, 6.07) is 8.03. The number of ether oxygens (including phenoxy) is 2. The van der Waals surface area contributed by atoms with Gasteiger partial charge in [-0.1, -0.05) is 18.2 Å². The van der Waals surface area contributed by atoms with Gasteiger partial charge in [0, 0.05) is 17.4 Å². The third kappa shape index (κ3) is 1.43. The van der Waals surface area contributed by atoms with Crippen LogP contribution in [-0.2, 0) is 10.3 Å². The number of aliphatic imine (C=N–C) groups is 2. The van der Waals surface area contributed by atoms with Crippen molar-refractivity contribution in [3.05, 3.63) is 53.8 Å². The SMILES string of the molecule is NC1=NC2(C=CO1)C1=CC=NCC1Oc1ccccc12. The smallest absolute Gasteiger partial charge is 0.288 e. The number of nitrogens with two attached hydrogens (primary N) is 1. The number of dihydropyridines is 1. The highest BCUT2D eigenvalue weighted by atomic mass is 16.5. The van der Waals surface area contributed by atoms with Crippen LogP contribution in [0, 0.1) is 0 Å². The van der Waals surface area contributed by atoms with Crippen molar-refractivity contribution in [3.8, 4) is 5.75 Å². The van der Waals surface area contributed by atoms with E-state index in [1.165, 1.54) is 0 Å². The van der Waals surface area contributed by atoms with Crippen LogP contribution in [0.3, 0.4) is 0 Å². The number of allylic oxidation sites excluding steroid dienone is 1. The molecule has 20 heavy (non-hydrogen) atoms. The fourth-order valence-corrected chi connectivity index (χ4v) is 2.91. The third-order valence-electron chi connectivity index (χ3n) is 3.77. The van der Waals surface area contributed by atoms with Crippen molar-refractivity contribution >= 4 is 12.2 Å². The van der Waals surface area contributed by atoms with Crippen molar-refractivity contribution in [1.29, 1.82) is 0 Å². The van der Waals surface area contributed by atoms with E-state index >= 15 is 0 Å². The molecule has 0 aliphatic carbocycles. The topological polar surface area (TPSA) is 69.2 Å². The first-order valence-electron chi connectivity index (χ1n) is 6.46. The van der Waals surface area contributed by atoms with Crippen LogP contribution in [0.4, 0.5) is 0 Å². The Kier molecular flexibility index (Phi) is 2.24. The molecule has 4 rings (SSSR count). The lowest BCUT2D eigenvalue weighted by Gasteiger charge is -2.41. The average Bonchev–Trinajstić information content (AvgIpc) is 2.48. The molecule has 5 nitrogen and oxygen atoms in total. The minimum Gasteiger partial charge on any atom is -0.484 e. The Morgan fingerprint density at radius 1 is 1.30 bits per heavy atom. The van der Waals surface area contributed by atoms with E-state index in [0.29, 0.717) is 6.54 Å². The van der Waals surface area contributed by atoms with Crippen molar-refractivity contribution < 1.29 is 9.47 Å². The summed E-state index contributed by atoms with van der Waals surface area (Å²) >= 11 is 0. The molecule has 1 spiro atoms. The van der Waals surface area contributed by atoms with Gasteiger partial charge in [-0.3, -0.25) is 4.99 Å². The lowest BCUT2D eigenvalue weighted by atomic mass is 9.77. The number of hydrogen-bond acceptors (Lipinski definition) is 5. The highest BCUT2D eigenvalue weighted by Gasteiger charge is 2.46. The fourth-order valence-electron chi connectivity index (χ4n) is 2.91. The number of nitrogens with zero attached hydrogens (tertiary/aromatic N) is 2. The average molecular weight is 267 g/mol. The molecule has 3 aliphatic rings. The van der Waals surface area contributed by atoms with Crippen molar-refractivity contribution in [2.75, 3.05) is 6.54 Å². The molecule has 2 unspecified atom stereocenters.